The summed E-state index contributed by atoms with van der Waals surface area (Å²) in [4.78, 5) is 25.3. The molecule has 4 aliphatic carbocycles. The van der Waals surface area contributed by atoms with Gasteiger partial charge in [-0.2, -0.15) is 0 Å². The molecule has 8 atom stereocenters. The smallest absolute Gasteiger partial charge is 0.322 e. The number of esters is 2. The van der Waals surface area contributed by atoms with Gasteiger partial charge in [0.1, 0.15) is 0 Å². The zero-order valence-corrected chi connectivity index (χ0v) is 17.4. The third kappa shape index (κ3) is 3.31. The summed E-state index contributed by atoms with van der Waals surface area (Å²) in [6.07, 6.45) is 7.77. The molecule has 4 fully saturated rings. The molecule has 0 amide bonds. The summed E-state index contributed by atoms with van der Waals surface area (Å²) in [5.41, 5.74) is -1.22. The fourth-order valence-electron chi connectivity index (χ4n) is 6.76. The summed E-state index contributed by atoms with van der Waals surface area (Å²) in [7, 11) is 0. The molecule has 0 heterocycles. The van der Waals surface area contributed by atoms with E-state index >= 15 is 0 Å². The van der Waals surface area contributed by atoms with Crippen LogP contribution in [0.25, 0.3) is 0 Å². The fourth-order valence-corrected chi connectivity index (χ4v) is 6.76. The summed E-state index contributed by atoms with van der Waals surface area (Å²) in [6, 6.07) is 0. The van der Waals surface area contributed by atoms with Crippen molar-refractivity contribution in [3.05, 3.63) is 0 Å². The molecular formula is C23H36O4. The van der Waals surface area contributed by atoms with Crippen molar-refractivity contribution in [3.8, 4) is 0 Å². The van der Waals surface area contributed by atoms with Crippen LogP contribution in [0.2, 0.25) is 0 Å². The second-order valence-corrected chi connectivity index (χ2v) is 10.5. The molecule has 0 aromatic carbocycles. The van der Waals surface area contributed by atoms with Crippen LogP contribution in [0, 0.1) is 52.8 Å². The minimum atomic E-state index is -1.22. The summed E-state index contributed by atoms with van der Waals surface area (Å²) >= 11 is 0. The SMILES string of the molecule is CC1C2CCC(C2)C1COC(=O)C(C)(C)C(=O)OCC1C2CCC(C2)C1C. The van der Waals surface area contributed by atoms with Crippen molar-refractivity contribution in [2.24, 2.45) is 52.8 Å². The zero-order chi connectivity index (χ0) is 19.3. The molecule has 4 heteroatoms. The molecule has 8 unspecified atom stereocenters. The van der Waals surface area contributed by atoms with Crippen molar-refractivity contribution in [1.82, 2.24) is 0 Å². The standard InChI is InChI=1S/C23H36O4/c1-13-15-5-7-17(9-15)19(13)11-26-21(24)23(3,4)22(25)27-12-20-14(2)16-6-8-18(20)10-16/h13-20H,5-12H2,1-4H3. The van der Waals surface area contributed by atoms with Gasteiger partial charge in [0.2, 0.25) is 0 Å². The lowest BCUT2D eigenvalue weighted by Gasteiger charge is -2.30. The highest BCUT2D eigenvalue weighted by Crippen LogP contribution is 2.53. The molecule has 4 saturated carbocycles. The second-order valence-electron chi connectivity index (χ2n) is 10.5. The maximum Gasteiger partial charge on any atom is 0.322 e. The average Bonchev–Trinajstić information content (AvgIpc) is 3.40. The highest BCUT2D eigenvalue weighted by atomic mass is 16.6. The van der Waals surface area contributed by atoms with E-state index in [1.807, 2.05) is 0 Å². The van der Waals surface area contributed by atoms with Gasteiger partial charge < -0.3 is 9.47 Å². The Morgan fingerprint density at radius 1 is 0.741 bits per heavy atom. The van der Waals surface area contributed by atoms with Crippen LogP contribution in [-0.4, -0.2) is 25.2 Å². The highest BCUT2D eigenvalue weighted by Gasteiger charge is 2.48. The molecule has 0 saturated heterocycles. The Kier molecular flexibility index (Phi) is 5.05. The first kappa shape index (κ1) is 19.3. The van der Waals surface area contributed by atoms with Gasteiger partial charge in [0.15, 0.2) is 5.41 Å². The van der Waals surface area contributed by atoms with Gasteiger partial charge in [0.05, 0.1) is 13.2 Å². The lowest BCUT2D eigenvalue weighted by atomic mass is 9.81. The van der Waals surface area contributed by atoms with Crippen LogP contribution in [0.1, 0.15) is 66.2 Å². The lowest BCUT2D eigenvalue weighted by Crippen LogP contribution is -2.39. The van der Waals surface area contributed by atoms with E-state index in [0.29, 0.717) is 48.7 Å². The summed E-state index contributed by atoms with van der Waals surface area (Å²) in [5.74, 6) is 4.35. The third-order valence-electron chi connectivity index (χ3n) is 8.91. The van der Waals surface area contributed by atoms with Crippen molar-refractivity contribution < 1.29 is 19.1 Å². The van der Waals surface area contributed by atoms with Crippen molar-refractivity contribution in [1.29, 1.82) is 0 Å². The first-order valence-electron chi connectivity index (χ1n) is 11.1. The first-order chi connectivity index (χ1) is 12.8. The minimum absolute atomic E-state index is 0.427. The monoisotopic (exact) mass is 376 g/mol. The topological polar surface area (TPSA) is 52.6 Å². The molecule has 4 bridgehead atoms. The Morgan fingerprint density at radius 3 is 1.44 bits per heavy atom. The van der Waals surface area contributed by atoms with Gasteiger partial charge in [-0.15, -0.1) is 0 Å². The van der Waals surface area contributed by atoms with Crippen LogP contribution >= 0.6 is 0 Å². The molecular weight excluding hydrogens is 340 g/mol. The number of hydrogen-bond donors (Lipinski definition) is 0. The third-order valence-corrected chi connectivity index (χ3v) is 8.91. The number of carbonyl (C=O) groups is 2. The Morgan fingerprint density at radius 2 is 1.11 bits per heavy atom. The molecule has 152 valence electrons. The molecule has 0 spiro atoms. The number of hydrogen-bond acceptors (Lipinski definition) is 4. The molecule has 4 aliphatic rings. The van der Waals surface area contributed by atoms with E-state index < -0.39 is 17.4 Å². The van der Waals surface area contributed by atoms with Crippen LogP contribution in [0.5, 0.6) is 0 Å². The van der Waals surface area contributed by atoms with Crippen LogP contribution in [0.15, 0.2) is 0 Å². The van der Waals surface area contributed by atoms with E-state index in [0.717, 1.165) is 11.8 Å². The van der Waals surface area contributed by atoms with E-state index in [4.69, 9.17) is 9.47 Å². The molecule has 0 aromatic rings. The van der Waals surface area contributed by atoms with E-state index in [9.17, 15) is 9.59 Å². The molecule has 27 heavy (non-hydrogen) atoms. The van der Waals surface area contributed by atoms with Gasteiger partial charge in [0, 0.05) is 0 Å². The van der Waals surface area contributed by atoms with Gasteiger partial charge >= 0.3 is 11.9 Å². The van der Waals surface area contributed by atoms with Crippen LogP contribution in [0.3, 0.4) is 0 Å². The number of fused-ring (bicyclic) bond motifs is 4. The van der Waals surface area contributed by atoms with E-state index in [1.165, 1.54) is 38.5 Å². The van der Waals surface area contributed by atoms with Gasteiger partial charge in [-0.25, -0.2) is 0 Å². The highest BCUT2D eigenvalue weighted by molar-refractivity contribution is 5.99. The normalized spacial score (nSPS) is 42.5. The van der Waals surface area contributed by atoms with Gasteiger partial charge in [0.25, 0.3) is 0 Å². The van der Waals surface area contributed by atoms with Crippen LogP contribution in [0.4, 0.5) is 0 Å². The van der Waals surface area contributed by atoms with Crippen molar-refractivity contribution in [3.63, 3.8) is 0 Å². The van der Waals surface area contributed by atoms with Crippen molar-refractivity contribution in [2.45, 2.75) is 66.2 Å². The average molecular weight is 377 g/mol. The second kappa shape index (κ2) is 7.08. The van der Waals surface area contributed by atoms with E-state index in [1.54, 1.807) is 13.8 Å². The lowest BCUT2D eigenvalue weighted by molar-refractivity contribution is -0.172. The summed E-state index contributed by atoms with van der Waals surface area (Å²) in [5, 5.41) is 0. The zero-order valence-electron chi connectivity index (χ0n) is 17.4. The molecule has 0 aromatic heterocycles. The summed E-state index contributed by atoms with van der Waals surface area (Å²) < 4.78 is 11.3. The fraction of sp³-hybridized carbons (Fsp3) is 0.913. The van der Waals surface area contributed by atoms with Crippen LogP contribution < -0.4 is 0 Å². The Labute approximate surface area is 163 Å². The van der Waals surface area contributed by atoms with Crippen LogP contribution in [-0.2, 0) is 19.1 Å². The van der Waals surface area contributed by atoms with Crippen molar-refractivity contribution in [2.75, 3.05) is 13.2 Å². The Balaban J connectivity index is 1.26. The molecule has 0 N–H and O–H groups in total. The van der Waals surface area contributed by atoms with Crippen molar-refractivity contribution >= 4 is 11.9 Å². The van der Waals surface area contributed by atoms with Gasteiger partial charge in [-0.1, -0.05) is 13.8 Å². The number of rotatable bonds is 6. The molecule has 0 radical (unpaired) electrons. The molecule has 4 rings (SSSR count). The maximum atomic E-state index is 12.6. The number of carbonyl (C=O) groups excluding carboxylic acids is 2. The summed E-state index contributed by atoms with van der Waals surface area (Å²) in [6.45, 7) is 8.79. The maximum absolute atomic E-state index is 12.6. The Bertz CT molecular complexity index is 543. The molecule has 4 nitrogen and oxygen atoms in total. The first-order valence-corrected chi connectivity index (χ1v) is 11.1. The Hall–Kier alpha value is -1.06. The van der Waals surface area contributed by atoms with Gasteiger partial charge in [-0.3, -0.25) is 9.59 Å². The van der Waals surface area contributed by atoms with Gasteiger partial charge in [-0.05, 0) is 99.7 Å². The quantitative estimate of drug-likeness (QED) is 0.507. The molecule has 0 aliphatic heterocycles. The predicted molar refractivity (Wildman–Crippen MR) is 103 cm³/mol. The van der Waals surface area contributed by atoms with E-state index in [-0.39, 0.29) is 0 Å². The number of ether oxygens (including phenoxy) is 2. The predicted octanol–water partition coefficient (Wildman–Crippen LogP) is 4.46. The van der Waals surface area contributed by atoms with E-state index in [2.05, 4.69) is 13.8 Å². The largest absolute Gasteiger partial charge is 0.465 e. The minimum Gasteiger partial charge on any atom is -0.465 e.